The molecule has 3 nitrogen and oxygen atoms in total. The fraction of sp³-hybridized carbons (Fsp3) is 0.478. The van der Waals surface area contributed by atoms with E-state index >= 15 is 0 Å². The van der Waals surface area contributed by atoms with E-state index in [1.165, 1.54) is 38.2 Å². The first kappa shape index (κ1) is 16.0. The summed E-state index contributed by atoms with van der Waals surface area (Å²) < 4.78 is 0. The van der Waals surface area contributed by atoms with Gasteiger partial charge in [-0.3, -0.25) is 0 Å². The van der Waals surface area contributed by atoms with Crippen molar-refractivity contribution in [3.63, 3.8) is 0 Å². The second-order valence-electron chi connectivity index (χ2n) is 8.90. The fourth-order valence-electron chi connectivity index (χ4n) is 6.81. The lowest BCUT2D eigenvalue weighted by Gasteiger charge is -2.62. The Bertz CT molecular complexity index is 788. The zero-order valence-corrected chi connectivity index (χ0v) is 15.2. The van der Waals surface area contributed by atoms with E-state index < -0.39 is 0 Å². The average molecular weight is 350 g/mol. The SMILES string of the molecule is Cc1ccc(C2(c3ccc(O)cc3O)C3CC4CC(C3)CC2C4)c(O)c1. The van der Waals surface area contributed by atoms with Crippen molar-refractivity contribution in [2.24, 2.45) is 23.7 Å². The van der Waals surface area contributed by atoms with Gasteiger partial charge in [0.1, 0.15) is 17.2 Å². The number of aryl methyl sites for hydroxylation is 1. The van der Waals surface area contributed by atoms with Crippen LogP contribution in [-0.4, -0.2) is 15.3 Å². The molecule has 4 bridgehead atoms. The minimum atomic E-state index is -0.358. The van der Waals surface area contributed by atoms with Crippen LogP contribution in [0.2, 0.25) is 0 Å². The van der Waals surface area contributed by atoms with Crippen molar-refractivity contribution in [2.75, 3.05) is 0 Å². The quantitative estimate of drug-likeness (QED) is 0.725. The Morgan fingerprint density at radius 3 is 1.81 bits per heavy atom. The van der Waals surface area contributed by atoms with Gasteiger partial charge in [0.15, 0.2) is 0 Å². The Kier molecular flexibility index (Phi) is 3.34. The molecule has 0 atom stereocenters. The standard InChI is InChI=1S/C23H26O3/c1-13-2-4-19(21(25)6-13)23(20-5-3-18(24)12-22(20)26)16-8-14-7-15(10-16)11-17(23)9-14/h2-6,12,14-17,24-26H,7-11H2,1H3. The van der Waals surface area contributed by atoms with Gasteiger partial charge >= 0.3 is 0 Å². The van der Waals surface area contributed by atoms with Crippen LogP contribution in [0.25, 0.3) is 0 Å². The van der Waals surface area contributed by atoms with Gasteiger partial charge in [0.05, 0.1) is 0 Å². The molecule has 0 radical (unpaired) electrons. The van der Waals surface area contributed by atoms with Gasteiger partial charge in [0, 0.05) is 22.6 Å². The third kappa shape index (κ3) is 2.06. The van der Waals surface area contributed by atoms with E-state index in [2.05, 4.69) is 12.1 Å². The summed E-state index contributed by atoms with van der Waals surface area (Å²) in [5.41, 5.74) is 2.52. The van der Waals surface area contributed by atoms with Crippen molar-refractivity contribution < 1.29 is 15.3 Å². The molecule has 6 rings (SSSR count). The largest absolute Gasteiger partial charge is 0.508 e. The van der Waals surface area contributed by atoms with Gasteiger partial charge < -0.3 is 15.3 Å². The molecule has 4 aliphatic carbocycles. The molecule has 2 aromatic rings. The summed E-state index contributed by atoms with van der Waals surface area (Å²) in [6.45, 7) is 1.99. The molecule has 3 N–H and O–H groups in total. The second kappa shape index (κ2) is 5.42. The molecule has 0 amide bonds. The molecule has 4 saturated carbocycles. The van der Waals surface area contributed by atoms with Crippen LogP contribution >= 0.6 is 0 Å². The van der Waals surface area contributed by atoms with Crippen molar-refractivity contribution in [2.45, 2.75) is 44.4 Å². The third-order valence-corrected chi connectivity index (χ3v) is 7.45. The average Bonchev–Trinajstić information content (AvgIpc) is 2.56. The molecular weight excluding hydrogens is 324 g/mol. The molecule has 0 aromatic heterocycles. The molecule has 26 heavy (non-hydrogen) atoms. The van der Waals surface area contributed by atoms with Crippen molar-refractivity contribution in [1.82, 2.24) is 0 Å². The minimum absolute atomic E-state index is 0.0818. The highest BCUT2D eigenvalue weighted by molar-refractivity contribution is 5.56. The van der Waals surface area contributed by atoms with E-state index in [4.69, 9.17) is 0 Å². The zero-order chi connectivity index (χ0) is 18.1. The highest BCUT2D eigenvalue weighted by Gasteiger charge is 2.60. The predicted molar refractivity (Wildman–Crippen MR) is 100 cm³/mol. The van der Waals surface area contributed by atoms with Crippen LogP contribution in [0.4, 0.5) is 0 Å². The monoisotopic (exact) mass is 350 g/mol. The molecule has 0 heterocycles. The van der Waals surface area contributed by atoms with Crippen molar-refractivity contribution in [3.8, 4) is 17.2 Å². The first-order chi connectivity index (χ1) is 12.5. The van der Waals surface area contributed by atoms with Gasteiger partial charge in [-0.1, -0.05) is 18.2 Å². The Morgan fingerprint density at radius 2 is 1.27 bits per heavy atom. The Labute approximate surface area is 154 Å². The molecule has 4 aliphatic rings. The van der Waals surface area contributed by atoms with E-state index in [0.717, 1.165) is 28.5 Å². The van der Waals surface area contributed by atoms with Gasteiger partial charge in [0.2, 0.25) is 0 Å². The summed E-state index contributed by atoms with van der Waals surface area (Å²) >= 11 is 0. The number of hydrogen-bond acceptors (Lipinski definition) is 3. The normalized spacial score (nSPS) is 35.0. The lowest BCUT2D eigenvalue weighted by molar-refractivity contribution is -0.0434. The molecular formula is C23H26O3. The van der Waals surface area contributed by atoms with Crippen LogP contribution in [0, 0.1) is 30.6 Å². The topological polar surface area (TPSA) is 60.7 Å². The molecule has 0 unspecified atom stereocenters. The smallest absolute Gasteiger partial charge is 0.123 e. The third-order valence-electron chi connectivity index (χ3n) is 7.45. The summed E-state index contributed by atoms with van der Waals surface area (Å²) in [7, 11) is 0. The number of rotatable bonds is 2. The Balaban J connectivity index is 1.79. The maximum atomic E-state index is 10.9. The van der Waals surface area contributed by atoms with Gasteiger partial charge in [-0.25, -0.2) is 0 Å². The molecule has 2 aromatic carbocycles. The first-order valence-corrected chi connectivity index (χ1v) is 9.81. The predicted octanol–water partition coefficient (Wildman–Crippen LogP) is 4.85. The molecule has 0 aliphatic heterocycles. The van der Waals surface area contributed by atoms with Crippen LogP contribution in [0.15, 0.2) is 36.4 Å². The summed E-state index contributed by atoms with van der Waals surface area (Å²) in [5.74, 6) is 3.02. The first-order valence-electron chi connectivity index (χ1n) is 9.81. The van der Waals surface area contributed by atoms with E-state index in [9.17, 15) is 15.3 Å². The summed E-state index contributed by atoms with van der Waals surface area (Å²) in [4.78, 5) is 0. The lowest BCUT2D eigenvalue weighted by atomic mass is 9.42. The van der Waals surface area contributed by atoms with E-state index in [1.807, 2.05) is 19.1 Å². The number of phenolic OH excluding ortho intramolecular Hbond substituents is 3. The van der Waals surface area contributed by atoms with E-state index in [-0.39, 0.29) is 16.9 Å². The summed E-state index contributed by atoms with van der Waals surface area (Å²) in [5, 5.41) is 31.5. The maximum absolute atomic E-state index is 10.9. The van der Waals surface area contributed by atoms with Crippen molar-refractivity contribution in [3.05, 3.63) is 53.1 Å². The Morgan fingerprint density at radius 1 is 0.731 bits per heavy atom. The van der Waals surface area contributed by atoms with Gasteiger partial charge in [0.25, 0.3) is 0 Å². The molecule has 0 saturated heterocycles. The van der Waals surface area contributed by atoms with Gasteiger partial charge in [-0.2, -0.15) is 0 Å². The molecule has 4 fully saturated rings. The number of phenols is 3. The molecule has 136 valence electrons. The fourth-order valence-corrected chi connectivity index (χ4v) is 6.81. The van der Waals surface area contributed by atoms with Crippen molar-refractivity contribution >= 4 is 0 Å². The number of hydrogen-bond donors (Lipinski definition) is 3. The van der Waals surface area contributed by atoms with E-state index in [0.29, 0.717) is 17.6 Å². The summed E-state index contributed by atoms with van der Waals surface area (Å²) in [6.07, 6.45) is 6.02. The highest BCUT2D eigenvalue weighted by atomic mass is 16.3. The minimum Gasteiger partial charge on any atom is -0.508 e. The maximum Gasteiger partial charge on any atom is 0.123 e. The van der Waals surface area contributed by atoms with Crippen LogP contribution < -0.4 is 0 Å². The Hall–Kier alpha value is -2.16. The number of aromatic hydroxyl groups is 3. The number of benzene rings is 2. The van der Waals surface area contributed by atoms with Gasteiger partial charge in [-0.05, 0) is 80.4 Å². The van der Waals surface area contributed by atoms with Crippen LogP contribution in [0.3, 0.4) is 0 Å². The van der Waals surface area contributed by atoms with Crippen LogP contribution in [0.5, 0.6) is 17.2 Å². The second-order valence-corrected chi connectivity index (χ2v) is 8.90. The molecule has 0 spiro atoms. The lowest BCUT2D eigenvalue weighted by Crippen LogP contribution is -2.56. The van der Waals surface area contributed by atoms with Gasteiger partial charge in [-0.15, -0.1) is 0 Å². The zero-order valence-electron chi connectivity index (χ0n) is 15.2. The van der Waals surface area contributed by atoms with Crippen LogP contribution in [0.1, 0.15) is 48.8 Å². The highest BCUT2D eigenvalue weighted by Crippen LogP contribution is 2.67. The summed E-state index contributed by atoms with van der Waals surface area (Å²) in [6, 6.07) is 11.0. The molecule has 3 heteroatoms. The van der Waals surface area contributed by atoms with Crippen molar-refractivity contribution in [1.29, 1.82) is 0 Å². The van der Waals surface area contributed by atoms with E-state index in [1.54, 1.807) is 6.07 Å². The van der Waals surface area contributed by atoms with Crippen LogP contribution in [-0.2, 0) is 5.41 Å².